The average Bonchev–Trinajstić information content (AvgIpc) is 2.18. The third-order valence-electron chi connectivity index (χ3n) is 1.86. The fourth-order valence-electron chi connectivity index (χ4n) is 1.17. The Bertz CT molecular complexity index is 413. The molecule has 0 radical (unpaired) electrons. The zero-order valence-corrected chi connectivity index (χ0v) is 10.6. The van der Waals surface area contributed by atoms with E-state index in [4.69, 9.17) is 9.84 Å². The van der Waals surface area contributed by atoms with Gasteiger partial charge in [-0.1, -0.05) is 18.7 Å². The first kappa shape index (κ1) is 12.8. The average molecular weight is 285 g/mol. The Morgan fingerprint density at radius 3 is 2.81 bits per heavy atom. The molecule has 0 aliphatic rings. The summed E-state index contributed by atoms with van der Waals surface area (Å²) < 4.78 is 6.17. The lowest BCUT2D eigenvalue weighted by atomic mass is 10.1. The third kappa shape index (κ3) is 3.70. The predicted molar refractivity (Wildman–Crippen MR) is 65.8 cm³/mol. The molecular weight excluding hydrogens is 272 g/mol. The lowest BCUT2D eigenvalue weighted by molar-refractivity contribution is -0.136. The van der Waals surface area contributed by atoms with Gasteiger partial charge in [-0.05, 0) is 40.1 Å². The van der Waals surface area contributed by atoms with Crippen LogP contribution in [-0.4, -0.2) is 17.7 Å². The van der Waals surface area contributed by atoms with Crippen molar-refractivity contribution in [1.82, 2.24) is 0 Å². The van der Waals surface area contributed by atoms with E-state index in [-0.39, 0.29) is 6.42 Å². The monoisotopic (exact) mass is 284 g/mol. The van der Waals surface area contributed by atoms with E-state index in [2.05, 4.69) is 22.5 Å². The van der Waals surface area contributed by atoms with Crippen molar-refractivity contribution < 1.29 is 14.6 Å². The van der Waals surface area contributed by atoms with E-state index in [0.717, 1.165) is 5.57 Å². The van der Waals surface area contributed by atoms with Crippen molar-refractivity contribution in [3.05, 3.63) is 40.4 Å². The van der Waals surface area contributed by atoms with E-state index in [0.29, 0.717) is 22.4 Å². The summed E-state index contributed by atoms with van der Waals surface area (Å²) >= 11 is 3.34. The summed E-state index contributed by atoms with van der Waals surface area (Å²) in [5.74, 6) is -0.223. The van der Waals surface area contributed by atoms with Gasteiger partial charge >= 0.3 is 5.97 Å². The molecule has 4 heteroatoms. The van der Waals surface area contributed by atoms with Crippen LogP contribution in [0.5, 0.6) is 5.75 Å². The van der Waals surface area contributed by atoms with Crippen LogP contribution in [0.15, 0.2) is 34.8 Å². The number of carboxylic acid groups (broad SMARTS) is 1. The molecule has 1 aromatic rings. The lowest BCUT2D eigenvalue weighted by Gasteiger charge is -2.10. The third-order valence-corrected chi connectivity index (χ3v) is 2.76. The minimum Gasteiger partial charge on any atom is -0.488 e. The standard InChI is InChI=1S/C12H13BrO3/c1-8(2)7-16-10-5-3-4-9(12(10)13)6-11(14)15/h3-5H,1,6-7H2,2H3,(H,14,15). The minimum atomic E-state index is -0.863. The Morgan fingerprint density at radius 2 is 2.25 bits per heavy atom. The highest BCUT2D eigenvalue weighted by Gasteiger charge is 2.09. The van der Waals surface area contributed by atoms with E-state index < -0.39 is 5.97 Å². The second-order valence-electron chi connectivity index (χ2n) is 3.55. The fraction of sp³-hybridized carbons (Fsp3) is 0.250. The minimum absolute atomic E-state index is 0.0230. The number of carboxylic acids is 1. The maximum atomic E-state index is 10.6. The van der Waals surface area contributed by atoms with E-state index in [9.17, 15) is 4.79 Å². The molecule has 0 aliphatic heterocycles. The molecule has 1 aromatic carbocycles. The van der Waals surface area contributed by atoms with Gasteiger partial charge in [-0.2, -0.15) is 0 Å². The molecule has 0 saturated carbocycles. The zero-order chi connectivity index (χ0) is 12.1. The number of halogens is 1. The first-order valence-electron chi connectivity index (χ1n) is 4.77. The highest BCUT2D eigenvalue weighted by atomic mass is 79.9. The van der Waals surface area contributed by atoms with Crippen molar-refractivity contribution in [2.24, 2.45) is 0 Å². The van der Waals surface area contributed by atoms with Crippen LogP contribution in [0.4, 0.5) is 0 Å². The van der Waals surface area contributed by atoms with Gasteiger partial charge in [0.2, 0.25) is 0 Å². The molecule has 0 bridgehead atoms. The molecule has 16 heavy (non-hydrogen) atoms. The SMILES string of the molecule is C=C(C)COc1cccc(CC(=O)O)c1Br. The van der Waals surface area contributed by atoms with Gasteiger partial charge in [-0.25, -0.2) is 0 Å². The summed E-state index contributed by atoms with van der Waals surface area (Å²) in [6.07, 6.45) is -0.0230. The predicted octanol–water partition coefficient (Wildman–Crippen LogP) is 3.03. The normalized spacial score (nSPS) is 9.88. The van der Waals surface area contributed by atoms with Crippen LogP contribution in [0.2, 0.25) is 0 Å². The topological polar surface area (TPSA) is 46.5 Å². The molecule has 86 valence electrons. The van der Waals surface area contributed by atoms with Crippen molar-refractivity contribution in [3.63, 3.8) is 0 Å². The molecule has 0 fully saturated rings. The molecule has 1 rings (SSSR count). The number of hydrogen-bond donors (Lipinski definition) is 1. The number of rotatable bonds is 5. The van der Waals surface area contributed by atoms with Gasteiger partial charge in [0.15, 0.2) is 0 Å². The van der Waals surface area contributed by atoms with E-state index in [1.807, 2.05) is 6.92 Å². The Kier molecular flexibility index (Phi) is 4.55. The molecule has 0 spiro atoms. The van der Waals surface area contributed by atoms with Gasteiger partial charge in [0, 0.05) is 0 Å². The van der Waals surface area contributed by atoms with Crippen LogP contribution < -0.4 is 4.74 Å². The van der Waals surface area contributed by atoms with Crippen molar-refractivity contribution in [3.8, 4) is 5.75 Å². The van der Waals surface area contributed by atoms with E-state index in [1.54, 1.807) is 18.2 Å². The number of benzene rings is 1. The molecule has 0 aromatic heterocycles. The van der Waals surface area contributed by atoms with Gasteiger partial charge in [0.1, 0.15) is 12.4 Å². The fourth-order valence-corrected chi connectivity index (χ4v) is 1.69. The highest BCUT2D eigenvalue weighted by Crippen LogP contribution is 2.29. The molecular formula is C12H13BrO3. The van der Waals surface area contributed by atoms with Gasteiger partial charge in [-0.3, -0.25) is 4.79 Å². The van der Waals surface area contributed by atoms with Crippen LogP contribution in [-0.2, 0) is 11.2 Å². The maximum Gasteiger partial charge on any atom is 0.307 e. The molecule has 0 aliphatic carbocycles. The van der Waals surface area contributed by atoms with Gasteiger partial charge in [0.05, 0.1) is 10.9 Å². The summed E-state index contributed by atoms with van der Waals surface area (Å²) in [5, 5.41) is 8.72. The highest BCUT2D eigenvalue weighted by molar-refractivity contribution is 9.10. The number of hydrogen-bond acceptors (Lipinski definition) is 2. The Labute approximate surface area is 103 Å². The van der Waals surface area contributed by atoms with E-state index in [1.165, 1.54) is 0 Å². The quantitative estimate of drug-likeness (QED) is 0.846. The van der Waals surface area contributed by atoms with Crippen molar-refractivity contribution in [2.75, 3.05) is 6.61 Å². The Morgan fingerprint density at radius 1 is 1.56 bits per heavy atom. The van der Waals surface area contributed by atoms with Crippen LogP contribution in [0, 0.1) is 0 Å². The van der Waals surface area contributed by atoms with Crippen molar-refractivity contribution >= 4 is 21.9 Å². The van der Waals surface area contributed by atoms with Gasteiger partial charge in [0.25, 0.3) is 0 Å². The van der Waals surface area contributed by atoms with Crippen molar-refractivity contribution in [1.29, 1.82) is 0 Å². The van der Waals surface area contributed by atoms with Gasteiger partial charge in [-0.15, -0.1) is 0 Å². The molecule has 0 heterocycles. The number of ether oxygens (including phenoxy) is 1. The van der Waals surface area contributed by atoms with Crippen LogP contribution in [0.3, 0.4) is 0 Å². The van der Waals surface area contributed by atoms with Crippen LogP contribution in [0.1, 0.15) is 12.5 Å². The Balaban J connectivity index is 2.85. The molecule has 0 unspecified atom stereocenters. The number of aliphatic carboxylic acids is 1. The summed E-state index contributed by atoms with van der Waals surface area (Å²) in [5.41, 5.74) is 1.61. The van der Waals surface area contributed by atoms with Crippen molar-refractivity contribution in [2.45, 2.75) is 13.3 Å². The van der Waals surface area contributed by atoms with E-state index >= 15 is 0 Å². The second kappa shape index (κ2) is 5.70. The first-order chi connectivity index (χ1) is 7.50. The molecule has 0 saturated heterocycles. The summed E-state index contributed by atoms with van der Waals surface area (Å²) in [6, 6.07) is 5.32. The summed E-state index contributed by atoms with van der Waals surface area (Å²) in [4.78, 5) is 10.6. The van der Waals surface area contributed by atoms with Crippen LogP contribution in [0.25, 0.3) is 0 Å². The molecule has 1 N–H and O–H groups in total. The summed E-state index contributed by atoms with van der Waals surface area (Å²) in [7, 11) is 0. The number of carbonyl (C=O) groups is 1. The second-order valence-corrected chi connectivity index (χ2v) is 4.34. The maximum absolute atomic E-state index is 10.6. The molecule has 3 nitrogen and oxygen atoms in total. The summed E-state index contributed by atoms with van der Waals surface area (Å²) in [6.45, 7) is 6.03. The molecule has 0 amide bonds. The zero-order valence-electron chi connectivity index (χ0n) is 9.00. The van der Waals surface area contributed by atoms with Crippen LogP contribution >= 0.6 is 15.9 Å². The lowest BCUT2D eigenvalue weighted by Crippen LogP contribution is -2.03. The van der Waals surface area contributed by atoms with Gasteiger partial charge < -0.3 is 9.84 Å². The largest absolute Gasteiger partial charge is 0.488 e. The molecule has 0 atom stereocenters. The Hall–Kier alpha value is -1.29. The first-order valence-corrected chi connectivity index (χ1v) is 5.56. The smallest absolute Gasteiger partial charge is 0.307 e.